The van der Waals surface area contributed by atoms with Crippen LogP contribution in [-0.2, 0) is 6.54 Å². The molecule has 3 fully saturated rings. The van der Waals surface area contributed by atoms with E-state index < -0.39 is 0 Å². The lowest BCUT2D eigenvalue weighted by molar-refractivity contribution is 0.0784. The number of piperidine rings is 1. The molecule has 2 aromatic heterocycles. The fourth-order valence-corrected chi connectivity index (χ4v) is 7.30. The molecule has 7 nitrogen and oxygen atoms in total. The minimum absolute atomic E-state index is 0.532. The Morgan fingerprint density at radius 1 is 0.902 bits per heavy atom. The molecule has 1 aromatic carbocycles. The van der Waals surface area contributed by atoms with Crippen molar-refractivity contribution in [3.05, 3.63) is 42.2 Å². The molecule has 3 aliphatic rings. The molecule has 2 aliphatic heterocycles. The number of hydrogen-bond acceptors (Lipinski definition) is 6. The number of anilines is 1. The first-order valence-electron chi connectivity index (χ1n) is 16.6. The maximum Gasteiger partial charge on any atom is 0.224 e. The number of hydrogen-bond donors (Lipinski definition) is 2. The van der Waals surface area contributed by atoms with Gasteiger partial charge in [-0.3, -0.25) is 9.80 Å². The van der Waals surface area contributed by atoms with Gasteiger partial charge in [-0.15, -0.1) is 0 Å². The Morgan fingerprint density at radius 2 is 1.63 bits per heavy atom. The van der Waals surface area contributed by atoms with Gasteiger partial charge in [-0.1, -0.05) is 70.2 Å². The first kappa shape index (κ1) is 28.6. The fourth-order valence-electron chi connectivity index (χ4n) is 7.30. The molecule has 7 heteroatoms. The zero-order valence-electron chi connectivity index (χ0n) is 25.5. The van der Waals surface area contributed by atoms with Crippen LogP contribution in [0.1, 0.15) is 83.2 Å². The summed E-state index contributed by atoms with van der Waals surface area (Å²) in [7, 11) is 0. The minimum Gasteiger partial charge on any atom is -0.354 e. The Morgan fingerprint density at radius 3 is 2.34 bits per heavy atom. The smallest absolute Gasteiger partial charge is 0.224 e. The van der Waals surface area contributed by atoms with E-state index in [2.05, 4.69) is 75.5 Å². The van der Waals surface area contributed by atoms with Gasteiger partial charge in [0.2, 0.25) is 5.95 Å². The van der Waals surface area contributed by atoms with Gasteiger partial charge in [-0.25, -0.2) is 4.98 Å². The predicted octanol–water partition coefficient (Wildman–Crippen LogP) is 6.32. The zero-order chi connectivity index (χ0) is 28.0. The summed E-state index contributed by atoms with van der Waals surface area (Å²) in [6.07, 6.45) is 15.9. The number of piperazine rings is 1. The molecule has 1 aliphatic carbocycles. The molecule has 0 bridgehead atoms. The summed E-state index contributed by atoms with van der Waals surface area (Å²) < 4.78 is 2.48. The van der Waals surface area contributed by atoms with Gasteiger partial charge in [0, 0.05) is 74.7 Å². The summed E-state index contributed by atoms with van der Waals surface area (Å²) in [5.74, 6) is 1.42. The number of nitrogens with one attached hydrogen (secondary N) is 2. The highest BCUT2D eigenvalue weighted by molar-refractivity contribution is 5.94. The molecule has 1 saturated carbocycles. The molecule has 0 atom stereocenters. The van der Waals surface area contributed by atoms with Gasteiger partial charge in [0.05, 0.1) is 0 Å². The van der Waals surface area contributed by atoms with Gasteiger partial charge in [0.25, 0.3) is 0 Å². The molecule has 2 saturated heterocycles. The summed E-state index contributed by atoms with van der Waals surface area (Å²) in [4.78, 5) is 15.2. The average Bonchev–Trinajstić information content (AvgIpc) is 3.42. The third-order valence-electron chi connectivity index (χ3n) is 10.1. The van der Waals surface area contributed by atoms with Crippen LogP contribution in [0, 0.1) is 5.92 Å². The van der Waals surface area contributed by atoms with Crippen molar-refractivity contribution in [2.24, 2.45) is 5.92 Å². The summed E-state index contributed by atoms with van der Waals surface area (Å²) in [6, 6.07) is 10.6. The second-order valence-corrected chi connectivity index (χ2v) is 12.7. The summed E-state index contributed by atoms with van der Waals surface area (Å²) >= 11 is 0. The second-order valence-electron chi connectivity index (χ2n) is 12.7. The SMILES string of the molecule is CCC(CC)CNc1ncc2c(-c3ccc(CN4CCN(C5CCNCC5)CC4)cc3)cn(C3CCCCC3)c2n1. The second kappa shape index (κ2) is 13.7. The van der Waals surface area contributed by atoms with Gasteiger partial charge in [-0.05, 0) is 55.8 Å². The van der Waals surface area contributed by atoms with Crippen molar-refractivity contribution in [3.8, 4) is 11.1 Å². The van der Waals surface area contributed by atoms with Crippen LogP contribution in [0.3, 0.4) is 0 Å². The van der Waals surface area contributed by atoms with E-state index in [-0.39, 0.29) is 0 Å². The van der Waals surface area contributed by atoms with Crippen LogP contribution >= 0.6 is 0 Å². The van der Waals surface area contributed by atoms with E-state index in [1.807, 2.05) is 0 Å². The minimum atomic E-state index is 0.532. The summed E-state index contributed by atoms with van der Waals surface area (Å²) in [5.41, 5.74) is 5.03. The normalized spacial score (nSPS) is 20.3. The highest BCUT2D eigenvalue weighted by atomic mass is 15.3. The van der Waals surface area contributed by atoms with Gasteiger partial charge in [0.1, 0.15) is 5.65 Å². The zero-order valence-corrected chi connectivity index (χ0v) is 25.5. The number of fused-ring (bicyclic) bond motifs is 1. The first-order valence-corrected chi connectivity index (χ1v) is 16.6. The molecule has 2 N–H and O–H groups in total. The monoisotopic (exact) mass is 557 g/mol. The van der Waals surface area contributed by atoms with Crippen LogP contribution < -0.4 is 10.6 Å². The van der Waals surface area contributed by atoms with E-state index in [9.17, 15) is 0 Å². The standard InChI is InChI=1S/C34H51N7/c1-3-26(4-2)22-36-34-37-23-31-32(25-41(33(31)38-34)30-8-6-5-7-9-30)28-12-10-27(11-13-28)24-39-18-20-40(21-19-39)29-14-16-35-17-15-29/h10-13,23,25-26,29-30,35H,3-9,14-22,24H2,1-2H3,(H,36,37,38). The Labute approximate surface area is 247 Å². The van der Waals surface area contributed by atoms with Crippen LogP contribution in [0.5, 0.6) is 0 Å². The Hall–Kier alpha value is -2.48. The molecular formula is C34H51N7. The van der Waals surface area contributed by atoms with E-state index in [1.165, 1.54) is 119 Å². The quantitative estimate of drug-likeness (QED) is 0.304. The lowest BCUT2D eigenvalue weighted by Crippen LogP contribution is -2.52. The number of nitrogens with zero attached hydrogens (tertiary/aromatic N) is 5. The van der Waals surface area contributed by atoms with E-state index in [1.54, 1.807) is 0 Å². The molecule has 41 heavy (non-hydrogen) atoms. The van der Waals surface area contributed by atoms with Crippen molar-refractivity contribution in [1.29, 1.82) is 0 Å². The third kappa shape index (κ3) is 6.79. The molecular weight excluding hydrogens is 506 g/mol. The third-order valence-corrected chi connectivity index (χ3v) is 10.1. The Kier molecular flexibility index (Phi) is 9.54. The number of benzene rings is 1. The van der Waals surface area contributed by atoms with Gasteiger partial charge < -0.3 is 15.2 Å². The van der Waals surface area contributed by atoms with Gasteiger partial charge in [0.15, 0.2) is 0 Å². The highest BCUT2D eigenvalue weighted by Gasteiger charge is 2.25. The maximum absolute atomic E-state index is 5.10. The van der Waals surface area contributed by atoms with Crippen LogP contribution in [0.4, 0.5) is 5.95 Å². The summed E-state index contributed by atoms with van der Waals surface area (Å²) in [6.45, 7) is 13.6. The molecule has 0 amide bonds. The summed E-state index contributed by atoms with van der Waals surface area (Å²) in [5, 5.41) is 8.22. The van der Waals surface area contributed by atoms with E-state index in [0.717, 1.165) is 30.7 Å². The van der Waals surface area contributed by atoms with Crippen LogP contribution in [0.15, 0.2) is 36.7 Å². The number of aromatic nitrogens is 3. The first-order chi connectivity index (χ1) is 20.2. The lowest BCUT2D eigenvalue weighted by Gasteiger charge is -2.40. The van der Waals surface area contributed by atoms with Crippen molar-refractivity contribution < 1.29 is 0 Å². The molecule has 0 spiro atoms. The van der Waals surface area contributed by atoms with Crippen molar-refractivity contribution in [3.63, 3.8) is 0 Å². The van der Waals surface area contributed by atoms with Gasteiger partial charge in [-0.2, -0.15) is 4.98 Å². The maximum atomic E-state index is 5.10. The molecule has 222 valence electrons. The average molecular weight is 558 g/mol. The predicted molar refractivity (Wildman–Crippen MR) is 170 cm³/mol. The molecule has 6 rings (SSSR count). The van der Waals surface area contributed by atoms with Crippen LogP contribution in [-0.4, -0.2) is 76.2 Å². The van der Waals surface area contributed by atoms with Crippen molar-refractivity contribution in [1.82, 2.24) is 29.7 Å². The van der Waals surface area contributed by atoms with E-state index in [4.69, 9.17) is 9.97 Å². The van der Waals surface area contributed by atoms with Gasteiger partial charge >= 0.3 is 0 Å². The highest BCUT2D eigenvalue weighted by Crippen LogP contribution is 2.36. The Balaban J connectivity index is 1.16. The van der Waals surface area contributed by atoms with E-state index >= 15 is 0 Å². The van der Waals surface area contributed by atoms with Crippen molar-refractivity contribution in [2.75, 3.05) is 51.1 Å². The molecule has 3 aromatic rings. The number of rotatable bonds is 10. The molecule has 0 radical (unpaired) electrons. The lowest BCUT2D eigenvalue weighted by atomic mass is 9.95. The van der Waals surface area contributed by atoms with Crippen molar-refractivity contribution in [2.45, 2.75) is 90.3 Å². The van der Waals surface area contributed by atoms with Crippen LogP contribution in [0.25, 0.3) is 22.2 Å². The molecule has 4 heterocycles. The largest absolute Gasteiger partial charge is 0.354 e. The van der Waals surface area contributed by atoms with Crippen LogP contribution in [0.2, 0.25) is 0 Å². The van der Waals surface area contributed by atoms with Crippen molar-refractivity contribution >= 4 is 17.0 Å². The van der Waals surface area contributed by atoms with E-state index in [0.29, 0.717) is 12.0 Å². The molecule has 0 unspecified atom stereocenters. The fraction of sp³-hybridized carbons (Fsp3) is 0.647. The topological polar surface area (TPSA) is 61.3 Å². The Bertz CT molecular complexity index is 1230.